The van der Waals surface area contributed by atoms with Crippen LogP contribution in [0.4, 0.5) is 0 Å². The number of nitrogens with zero attached hydrogens (tertiary/aromatic N) is 1. The van der Waals surface area contributed by atoms with E-state index in [4.69, 9.17) is 14.9 Å². The van der Waals surface area contributed by atoms with Crippen LogP contribution in [0.15, 0.2) is 30.5 Å². The SMILES string of the molecule is O=C(O)COc1ccc(C=Cc2ncc(C(=O)O)s2)cc1. The van der Waals surface area contributed by atoms with Gasteiger partial charge in [-0.1, -0.05) is 18.2 Å². The monoisotopic (exact) mass is 305 g/mol. The van der Waals surface area contributed by atoms with Crippen molar-refractivity contribution in [1.29, 1.82) is 0 Å². The van der Waals surface area contributed by atoms with Gasteiger partial charge in [0.2, 0.25) is 0 Å². The minimum atomic E-state index is -1.03. The van der Waals surface area contributed by atoms with E-state index >= 15 is 0 Å². The van der Waals surface area contributed by atoms with Crippen LogP contribution in [0.1, 0.15) is 20.2 Å². The summed E-state index contributed by atoms with van der Waals surface area (Å²) in [6, 6.07) is 6.85. The molecule has 0 aliphatic carbocycles. The van der Waals surface area contributed by atoms with Crippen molar-refractivity contribution >= 4 is 35.4 Å². The minimum absolute atomic E-state index is 0.187. The number of benzene rings is 1. The molecule has 0 aliphatic heterocycles. The van der Waals surface area contributed by atoms with Gasteiger partial charge < -0.3 is 14.9 Å². The van der Waals surface area contributed by atoms with Gasteiger partial charge in [-0.05, 0) is 23.8 Å². The number of carboxylic acid groups (broad SMARTS) is 2. The van der Waals surface area contributed by atoms with E-state index in [-0.39, 0.29) is 11.5 Å². The topological polar surface area (TPSA) is 96.7 Å². The summed E-state index contributed by atoms with van der Waals surface area (Å²) in [4.78, 5) is 25.3. The largest absolute Gasteiger partial charge is 0.482 e. The molecule has 1 aromatic heterocycles. The third-order valence-electron chi connectivity index (χ3n) is 2.40. The maximum atomic E-state index is 10.7. The Balaban J connectivity index is 2.00. The van der Waals surface area contributed by atoms with Crippen molar-refractivity contribution in [1.82, 2.24) is 4.98 Å². The first kappa shape index (κ1) is 14.7. The average molecular weight is 305 g/mol. The van der Waals surface area contributed by atoms with Gasteiger partial charge in [0.25, 0.3) is 0 Å². The Morgan fingerprint density at radius 2 is 1.90 bits per heavy atom. The summed E-state index contributed by atoms with van der Waals surface area (Å²) in [6.45, 7) is -0.383. The number of hydrogen-bond donors (Lipinski definition) is 2. The maximum absolute atomic E-state index is 10.7. The molecule has 0 amide bonds. The quantitative estimate of drug-likeness (QED) is 0.851. The van der Waals surface area contributed by atoms with Crippen LogP contribution in [0.2, 0.25) is 0 Å². The lowest BCUT2D eigenvalue weighted by Gasteiger charge is -2.02. The normalized spacial score (nSPS) is 10.7. The molecule has 0 radical (unpaired) electrons. The van der Waals surface area contributed by atoms with Crippen molar-refractivity contribution in [2.45, 2.75) is 0 Å². The Bertz CT molecular complexity index is 675. The molecule has 0 saturated heterocycles. The molecule has 21 heavy (non-hydrogen) atoms. The van der Waals surface area contributed by atoms with E-state index in [0.29, 0.717) is 10.8 Å². The average Bonchev–Trinajstić information content (AvgIpc) is 2.93. The van der Waals surface area contributed by atoms with Crippen LogP contribution in [-0.2, 0) is 4.79 Å². The molecule has 0 saturated carbocycles. The van der Waals surface area contributed by atoms with Crippen LogP contribution in [0.25, 0.3) is 12.2 Å². The number of carbonyl (C=O) groups is 2. The maximum Gasteiger partial charge on any atom is 0.347 e. The van der Waals surface area contributed by atoms with Gasteiger partial charge in [-0.2, -0.15) is 0 Å². The number of carboxylic acids is 2. The molecule has 0 spiro atoms. The Kier molecular flexibility index (Phi) is 4.68. The Morgan fingerprint density at radius 3 is 2.48 bits per heavy atom. The van der Waals surface area contributed by atoms with Gasteiger partial charge >= 0.3 is 11.9 Å². The zero-order valence-corrected chi connectivity index (χ0v) is 11.5. The molecule has 108 valence electrons. The summed E-state index contributed by atoms with van der Waals surface area (Å²) in [7, 11) is 0. The zero-order valence-electron chi connectivity index (χ0n) is 10.7. The highest BCUT2D eigenvalue weighted by Gasteiger charge is 2.06. The molecule has 0 bridgehead atoms. The fourth-order valence-corrected chi connectivity index (χ4v) is 2.11. The summed E-state index contributed by atoms with van der Waals surface area (Å²) < 4.78 is 5.02. The van der Waals surface area contributed by atoms with Crippen LogP contribution < -0.4 is 4.74 Å². The first-order valence-electron chi connectivity index (χ1n) is 5.86. The summed E-state index contributed by atoms with van der Waals surface area (Å²) in [5, 5.41) is 17.9. The van der Waals surface area contributed by atoms with Gasteiger partial charge in [0.05, 0.1) is 6.20 Å². The lowest BCUT2D eigenvalue weighted by Crippen LogP contribution is -2.09. The molecule has 7 heteroatoms. The van der Waals surface area contributed by atoms with Gasteiger partial charge in [0.15, 0.2) is 6.61 Å². The smallest absolute Gasteiger partial charge is 0.347 e. The Morgan fingerprint density at radius 1 is 1.19 bits per heavy atom. The number of ether oxygens (including phenoxy) is 1. The second-order valence-electron chi connectivity index (χ2n) is 3.95. The van der Waals surface area contributed by atoms with Crippen LogP contribution in [0.5, 0.6) is 5.75 Å². The predicted molar refractivity (Wildman–Crippen MR) is 77.6 cm³/mol. The fraction of sp³-hybridized carbons (Fsp3) is 0.0714. The van der Waals surface area contributed by atoms with E-state index < -0.39 is 11.9 Å². The second-order valence-corrected chi connectivity index (χ2v) is 5.01. The molecule has 2 N–H and O–H groups in total. The van der Waals surface area contributed by atoms with Gasteiger partial charge in [-0.25, -0.2) is 14.6 Å². The highest BCUT2D eigenvalue weighted by atomic mass is 32.1. The molecule has 2 rings (SSSR count). The van der Waals surface area contributed by atoms with Gasteiger partial charge in [-0.15, -0.1) is 11.3 Å². The van der Waals surface area contributed by atoms with E-state index in [1.54, 1.807) is 36.4 Å². The summed E-state index contributed by atoms with van der Waals surface area (Å²) in [5.74, 6) is -1.55. The van der Waals surface area contributed by atoms with Gasteiger partial charge in [0.1, 0.15) is 15.6 Å². The van der Waals surface area contributed by atoms with Crippen LogP contribution in [-0.4, -0.2) is 33.7 Å². The van der Waals surface area contributed by atoms with Crippen molar-refractivity contribution in [2.75, 3.05) is 6.61 Å². The van der Waals surface area contributed by atoms with E-state index in [2.05, 4.69) is 4.98 Å². The molecule has 2 aromatic rings. The number of hydrogen-bond acceptors (Lipinski definition) is 5. The van der Waals surface area contributed by atoms with Crippen molar-refractivity contribution < 1.29 is 24.5 Å². The minimum Gasteiger partial charge on any atom is -0.482 e. The fourth-order valence-electron chi connectivity index (χ4n) is 1.45. The first-order chi connectivity index (χ1) is 10.0. The number of thiazole rings is 1. The lowest BCUT2D eigenvalue weighted by atomic mass is 10.2. The summed E-state index contributed by atoms with van der Waals surface area (Å²) in [5.41, 5.74) is 0.866. The molecule has 0 unspecified atom stereocenters. The standard InChI is InChI=1S/C14H11NO5S/c16-13(17)8-20-10-4-1-9(2-5-10)3-6-12-15-7-11(21-12)14(18)19/h1-7H,8H2,(H,16,17)(H,18,19). The number of aromatic carboxylic acids is 1. The molecule has 1 heterocycles. The molecule has 1 aromatic carbocycles. The number of rotatable bonds is 6. The van der Waals surface area contributed by atoms with Gasteiger partial charge in [-0.3, -0.25) is 0 Å². The number of aliphatic carboxylic acids is 1. The summed E-state index contributed by atoms with van der Waals surface area (Å²) in [6.07, 6.45) is 4.81. The summed E-state index contributed by atoms with van der Waals surface area (Å²) >= 11 is 1.09. The highest BCUT2D eigenvalue weighted by Crippen LogP contribution is 2.17. The highest BCUT2D eigenvalue weighted by molar-refractivity contribution is 7.14. The van der Waals surface area contributed by atoms with Crippen molar-refractivity contribution in [3.05, 3.63) is 45.9 Å². The predicted octanol–water partition coefficient (Wildman–Crippen LogP) is 2.48. The first-order valence-corrected chi connectivity index (χ1v) is 6.68. The van der Waals surface area contributed by atoms with Crippen LogP contribution in [0.3, 0.4) is 0 Å². The van der Waals surface area contributed by atoms with E-state index in [1.807, 2.05) is 0 Å². The van der Waals surface area contributed by atoms with Crippen molar-refractivity contribution in [3.63, 3.8) is 0 Å². The van der Waals surface area contributed by atoms with E-state index in [0.717, 1.165) is 16.9 Å². The van der Waals surface area contributed by atoms with Crippen molar-refractivity contribution in [2.24, 2.45) is 0 Å². The molecule has 6 nitrogen and oxygen atoms in total. The van der Waals surface area contributed by atoms with E-state index in [9.17, 15) is 9.59 Å². The van der Waals surface area contributed by atoms with Crippen molar-refractivity contribution in [3.8, 4) is 5.75 Å². The van der Waals surface area contributed by atoms with Crippen LogP contribution >= 0.6 is 11.3 Å². The molecular formula is C14H11NO5S. The third kappa shape index (κ3) is 4.43. The number of aromatic nitrogens is 1. The second kappa shape index (κ2) is 6.67. The van der Waals surface area contributed by atoms with Gasteiger partial charge in [0, 0.05) is 0 Å². The molecule has 0 atom stereocenters. The van der Waals surface area contributed by atoms with E-state index in [1.165, 1.54) is 6.20 Å². The lowest BCUT2D eigenvalue weighted by molar-refractivity contribution is -0.139. The zero-order chi connectivity index (χ0) is 15.2. The third-order valence-corrected chi connectivity index (χ3v) is 3.35. The molecular weight excluding hydrogens is 294 g/mol. The van der Waals surface area contributed by atoms with Crippen LogP contribution in [0, 0.1) is 0 Å². The Hall–Kier alpha value is -2.67. The molecule has 0 fully saturated rings. The molecule has 0 aliphatic rings. The Labute approximate surface area is 124 Å².